The van der Waals surface area contributed by atoms with Gasteiger partial charge in [0.2, 0.25) is 0 Å². The minimum atomic E-state index is 0.135. The minimum Gasteiger partial charge on any atom is -0.496 e. The van der Waals surface area contributed by atoms with Gasteiger partial charge in [-0.1, -0.05) is 6.07 Å². The van der Waals surface area contributed by atoms with E-state index in [4.69, 9.17) is 4.74 Å². The summed E-state index contributed by atoms with van der Waals surface area (Å²) in [5.41, 5.74) is 1.79. The van der Waals surface area contributed by atoms with Gasteiger partial charge in [0.15, 0.2) is 5.78 Å². The maximum absolute atomic E-state index is 12.4. The van der Waals surface area contributed by atoms with E-state index in [1.54, 1.807) is 7.11 Å². The molecule has 1 aliphatic rings. The van der Waals surface area contributed by atoms with Gasteiger partial charge in [-0.15, -0.1) is 0 Å². The third-order valence-electron chi connectivity index (χ3n) is 3.58. The van der Waals surface area contributed by atoms with Crippen LogP contribution in [0.5, 0.6) is 5.75 Å². The molecule has 0 aromatic heterocycles. The molecule has 1 fully saturated rings. The molecule has 0 N–H and O–H groups in total. The molecular formula is C15H21NO2S. The Morgan fingerprint density at radius 1 is 1.53 bits per heavy atom. The van der Waals surface area contributed by atoms with Gasteiger partial charge in [-0.05, 0) is 43.8 Å². The van der Waals surface area contributed by atoms with Crippen LogP contribution < -0.4 is 4.74 Å². The number of likely N-dealkylation sites (N-methyl/N-ethyl adjacent to an activating group) is 1. The maximum atomic E-state index is 12.4. The van der Waals surface area contributed by atoms with E-state index in [2.05, 4.69) is 4.90 Å². The van der Waals surface area contributed by atoms with Crippen molar-refractivity contribution >= 4 is 17.5 Å². The first kappa shape index (κ1) is 14.4. The Bertz CT molecular complexity index is 455. The number of aryl methyl sites for hydroxylation is 1. The zero-order chi connectivity index (χ0) is 13.8. The lowest BCUT2D eigenvalue weighted by molar-refractivity contribution is 0.0924. The SMILES string of the molecule is COc1cc(C)ccc1C(=O)CN(C)C1CCSC1. The summed E-state index contributed by atoms with van der Waals surface area (Å²) in [6, 6.07) is 6.28. The molecule has 1 heterocycles. The van der Waals surface area contributed by atoms with Crippen molar-refractivity contribution in [1.29, 1.82) is 0 Å². The number of benzene rings is 1. The van der Waals surface area contributed by atoms with E-state index in [0.29, 0.717) is 23.9 Å². The van der Waals surface area contributed by atoms with Crippen molar-refractivity contribution < 1.29 is 9.53 Å². The molecule has 0 bridgehead atoms. The van der Waals surface area contributed by atoms with E-state index in [-0.39, 0.29) is 5.78 Å². The summed E-state index contributed by atoms with van der Waals surface area (Å²) >= 11 is 1.97. The van der Waals surface area contributed by atoms with Gasteiger partial charge in [-0.2, -0.15) is 11.8 Å². The molecule has 1 aliphatic heterocycles. The fourth-order valence-corrected chi connectivity index (χ4v) is 3.64. The first-order valence-corrected chi connectivity index (χ1v) is 7.73. The van der Waals surface area contributed by atoms with Crippen molar-refractivity contribution in [3.8, 4) is 5.75 Å². The van der Waals surface area contributed by atoms with Crippen LogP contribution in [0.15, 0.2) is 18.2 Å². The summed E-state index contributed by atoms with van der Waals surface area (Å²) in [6.45, 7) is 2.46. The van der Waals surface area contributed by atoms with E-state index in [1.807, 2.05) is 43.9 Å². The summed E-state index contributed by atoms with van der Waals surface area (Å²) in [7, 11) is 3.65. The molecule has 1 aromatic carbocycles. The van der Waals surface area contributed by atoms with Crippen molar-refractivity contribution in [3.63, 3.8) is 0 Å². The molecule has 0 amide bonds. The number of thioether (sulfide) groups is 1. The summed E-state index contributed by atoms with van der Waals surface area (Å²) in [5, 5.41) is 0. The van der Waals surface area contributed by atoms with Crippen LogP contribution in [0.4, 0.5) is 0 Å². The zero-order valence-corrected chi connectivity index (χ0v) is 12.6. The van der Waals surface area contributed by atoms with Crippen LogP contribution in [0.2, 0.25) is 0 Å². The largest absolute Gasteiger partial charge is 0.496 e. The molecule has 1 saturated heterocycles. The van der Waals surface area contributed by atoms with Gasteiger partial charge in [0.1, 0.15) is 5.75 Å². The highest BCUT2D eigenvalue weighted by Crippen LogP contribution is 2.23. The van der Waals surface area contributed by atoms with E-state index in [9.17, 15) is 4.79 Å². The number of carbonyl (C=O) groups excluding carboxylic acids is 1. The lowest BCUT2D eigenvalue weighted by atomic mass is 10.1. The fourth-order valence-electron chi connectivity index (χ4n) is 2.34. The first-order valence-electron chi connectivity index (χ1n) is 6.57. The molecule has 1 aromatic rings. The molecular weight excluding hydrogens is 258 g/mol. The molecule has 0 saturated carbocycles. The Morgan fingerprint density at radius 2 is 2.32 bits per heavy atom. The minimum absolute atomic E-state index is 0.135. The Kier molecular flexibility index (Phi) is 4.88. The highest BCUT2D eigenvalue weighted by Gasteiger charge is 2.23. The normalized spacial score (nSPS) is 18.8. The Labute approximate surface area is 119 Å². The number of methoxy groups -OCH3 is 1. The monoisotopic (exact) mass is 279 g/mol. The highest BCUT2D eigenvalue weighted by atomic mass is 32.2. The predicted molar refractivity (Wildman–Crippen MR) is 80.4 cm³/mol. The smallest absolute Gasteiger partial charge is 0.180 e. The van der Waals surface area contributed by atoms with E-state index in [0.717, 1.165) is 11.3 Å². The van der Waals surface area contributed by atoms with Crippen molar-refractivity contribution in [2.24, 2.45) is 0 Å². The predicted octanol–water partition coefficient (Wildman–Crippen LogP) is 2.62. The second-order valence-electron chi connectivity index (χ2n) is 5.06. The van der Waals surface area contributed by atoms with Gasteiger partial charge in [-0.25, -0.2) is 0 Å². The van der Waals surface area contributed by atoms with Gasteiger partial charge >= 0.3 is 0 Å². The number of hydrogen-bond donors (Lipinski definition) is 0. The van der Waals surface area contributed by atoms with Crippen LogP contribution in [0.25, 0.3) is 0 Å². The lowest BCUT2D eigenvalue weighted by Crippen LogP contribution is -2.35. The number of ketones is 1. The van der Waals surface area contributed by atoms with Gasteiger partial charge in [0.25, 0.3) is 0 Å². The third-order valence-corrected chi connectivity index (χ3v) is 4.72. The number of carbonyl (C=O) groups is 1. The molecule has 0 radical (unpaired) electrons. The van der Waals surface area contributed by atoms with Crippen molar-refractivity contribution in [2.45, 2.75) is 19.4 Å². The van der Waals surface area contributed by atoms with Crippen LogP contribution >= 0.6 is 11.8 Å². The van der Waals surface area contributed by atoms with Gasteiger partial charge < -0.3 is 4.74 Å². The first-order chi connectivity index (χ1) is 9.11. The maximum Gasteiger partial charge on any atom is 0.180 e. The summed E-state index contributed by atoms with van der Waals surface area (Å²) in [6.07, 6.45) is 1.18. The number of nitrogens with zero attached hydrogens (tertiary/aromatic N) is 1. The quantitative estimate of drug-likeness (QED) is 0.775. The molecule has 0 spiro atoms. The Balaban J connectivity index is 2.06. The van der Waals surface area contributed by atoms with Crippen LogP contribution in [0, 0.1) is 6.92 Å². The average molecular weight is 279 g/mol. The van der Waals surface area contributed by atoms with E-state index >= 15 is 0 Å². The molecule has 4 heteroatoms. The molecule has 2 rings (SSSR count). The standard InChI is InChI=1S/C15H21NO2S/c1-11-4-5-13(15(8-11)18-3)14(17)9-16(2)12-6-7-19-10-12/h4-5,8,12H,6-7,9-10H2,1-3H3. The molecule has 1 unspecified atom stereocenters. The lowest BCUT2D eigenvalue weighted by Gasteiger charge is -2.22. The Morgan fingerprint density at radius 3 is 2.95 bits per heavy atom. The van der Waals surface area contributed by atoms with Crippen molar-refractivity contribution in [3.05, 3.63) is 29.3 Å². The second kappa shape index (κ2) is 6.44. The zero-order valence-electron chi connectivity index (χ0n) is 11.8. The van der Waals surface area contributed by atoms with Crippen LogP contribution in [0.1, 0.15) is 22.3 Å². The third kappa shape index (κ3) is 3.51. The molecule has 104 valence electrons. The second-order valence-corrected chi connectivity index (χ2v) is 6.21. The van der Waals surface area contributed by atoms with Crippen LogP contribution in [-0.2, 0) is 0 Å². The fraction of sp³-hybridized carbons (Fsp3) is 0.533. The topological polar surface area (TPSA) is 29.5 Å². The van der Waals surface area contributed by atoms with Crippen LogP contribution in [0.3, 0.4) is 0 Å². The highest BCUT2D eigenvalue weighted by molar-refractivity contribution is 7.99. The molecule has 0 aliphatic carbocycles. The van der Waals surface area contributed by atoms with Gasteiger partial charge in [0, 0.05) is 11.8 Å². The summed E-state index contributed by atoms with van der Waals surface area (Å²) in [5.74, 6) is 3.15. The summed E-state index contributed by atoms with van der Waals surface area (Å²) < 4.78 is 5.31. The molecule has 3 nitrogen and oxygen atoms in total. The van der Waals surface area contributed by atoms with Crippen LogP contribution in [-0.4, -0.2) is 48.9 Å². The Hall–Kier alpha value is -1.00. The molecule has 1 atom stereocenters. The van der Waals surface area contributed by atoms with E-state index < -0.39 is 0 Å². The number of Topliss-reactive ketones (excluding diaryl/α,β-unsaturated/α-hetero) is 1. The number of ether oxygens (including phenoxy) is 1. The van der Waals surface area contributed by atoms with Gasteiger partial charge in [0.05, 0.1) is 19.2 Å². The van der Waals surface area contributed by atoms with E-state index in [1.165, 1.54) is 12.2 Å². The molecule has 19 heavy (non-hydrogen) atoms. The van der Waals surface area contributed by atoms with Gasteiger partial charge in [-0.3, -0.25) is 9.69 Å². The average Bonchev–Trinajstić information content (AvgIpc) is 2.92. The van der Waals surface area contributed by atoms with Crippen molar-refractivity contribution in [2.75, 3.05) is 32.2 Å². The number of hydrogen-bond acceptors (Lipinski definition) is 4. The summed E-state index contributed by atoms with van der Waals surface area (Å²) in [4.78, 5) is 14.5. The number of rotatable bonds is 5. The van der Waals surface area contributed by atoms with Crippen molar-refractivity contribution in [1.82, 2.24) is 4.90 Å².